The van der Waals surface area contributed by atoms with Crippen LogP contribution in [0.15, 0.2) is 18.3 Å². The topological polar surface area (TPSA) is 68.2 Å². The predicted octanol–water partition coefficient (Wildman–Crippen LogP) is 1.54. The fourth-order valence-corrected chi connectivity index (χ4v) is 3.01. The molecule has 0 saturated heterocycles. The first-order chi connectivity index (χ1) is 8.08. The van der Waals surface area contributed by atoms with Gasteiger partial charge in [0.25, 0.3) is 0 Å². The van der Waals surface area contributed by atoms with Crippen molar-refractivity contribution < 1.29 is 0 Å². The van der Waals surface area contributed by atoms with E-state index in [0.29, 0.717) is 5.82 Å². The summed E-state index contributed by atoms with van der Waals surface area (Å²) in [4.78, 5) is 6.40. The average molecular weight is 234 g/mol. The SMILES string of the molecule is CN(C)C1(C(N)c2cccnc2N)CCCC1. The van der Waals surface area contributed by atoms with E-state index in [9.17, 15) is 0 Å². The van der Waals surface area contributed by atoms with E-state index >= 15 is 0 Å². The Morgan fingerprint density at radius 1 is 1.35 bits per heavy atom. The molecule has 1 heterocycles. The van der Waals surface area contributed by atoms with Crippen molar-refractivity contribution in [2.45, 2.75) is 37.3 Å². The number of nitrogens with zero attached hydrogens (tertiary/aromatic N) is 2. The molecule has 1 aromatic heterocycles. The molecule has 1 aromatic rings. The van der Waals surface area contributed by atoms with Gasteiger partial charge in [0.05, 0.1) is 6.04 Å². The molecule has 0 spiro atoms. The number of hydrogen-bond donors (Lipinski definition) is 2. The predicted molar refractivity (Wildman–Crippen MR) is 70.5 cm³/mol. The van der Waals surface area contributed by atoms with Crippen LogP contribution in [0.1, 0.15) is 37.3 Å². The Kier molecular flexibility index (Phi) is 3.35. The molecule has 0 bridgehead atoms. The van der Waals surface area contributed by atoms with Gasteiger partial charge >= 0.3 is 0 Å². The molecular weight excluding hydrogens is 212 g/mol. The fraction of sp³-hybridized carbons (Fsp3) is 0.615. The highest BCUT2D eigenvalue weighted by Crippen LogP contribution is 2.42. The summed E-state index contributed by atoms with van der Waals surface area (Å²) in [5.74, 6) is 0.563. The lowest BCUT2D eigenvalue weighted by atomic mass is 9.83. The molecule has 4 nitrogen and oxygen atoms in total. The van der Waals surface area contributed by atoms with Gasteiger partial charge in [0.2, 0.25) is 0 Å². The van der Waals surface area contributed by atoms with Crippen molar-refractivity contribution in [1.82, 2.24) is 9.88 Å². The zero-order valence-corrected chi connectivity index (χ0v) is 10.7. The van der Waals surface area contributed by atoms with E-state index in [0.717, 1.165) is 18.4 Å². The fourth-order valence-electron chi connectivity index (χ4n) is 3.01. The number of rotatable bonds is 3. The van der Waals surface area contributed by atoms with Gasteiger partial charge in [0, 0.05) is 17.3 Å². The lowest BCUT2D eigenvalue weighted by molar-refractivity contribution is 0.123. The third-order valence-corrected chi connectivity index (χ3v) is 4.15. The van der Waals surface area contributed by atoms with Crippen molar-refractivity contribution in [3.05, 3.63) is 23.9 Å². The Morgan fingerprint density at radius 2 is 2.00 bits per heavy atom. The van der Waals surface area contributed by atoms with E-state index in [1.807, 2.05) is 12.1 Å². The monoisotopic (exact) mass is 234 g/mol. The van der Waals surface area contributed by atoms with Crippen LogP contribution in [0.25, 0.3) is 0 Å². The maximum absolute atomic E-state index is 6.48. The maximum Gasteiger partial charge on any atom is 0.128 e. The van der Waals surface area contributed by atoms with E-state index in [1.165, 1.54) is 12.8 Å². The third-order valence-electron chi connectivity index (χ3n) is 4.15. The normalized spacial score (nSPS) is 20.7. The summed E-state index contributed by atoms with van der Waals surface area (Å²) in [6.07, 6.45) is 6.46. The molecule has 1 unspecified atom stereocenters. The van der Waals surface area contributed by atoms with E-state index in [2.05, 4.69) is 24.0 Å². The average Bonchev–Trinajstić information content (AvgIpc) is 2.79. The minimum atomic E-state index is -0.0614. The van der Waals surface area contributed by atoms with Crippen molar-refractivity contribution in [2.24, 2.45) is 5.73 Å². The zero-order chi connectivity index (χ0) is 12.5. The van der Waals surface area contributed by atoms with Crippen LogP contribution < -0.4 is 11.5 Å². The summed E-state index contributed by atoms with van der Waals surface area (Å²) in [7, 11) is 4.22. The molecule has 0 aromatic carbocycles. The molecule has 1 aliphatic rings. The van der Waals surface area contributed by atoms with Gasteiger partial charge < -0.3 is 16.4 Å². The highest BCUT2D eigenvalue weighted by atomic mass is 15.2. The molecule has 0 aliphatic heterocycles. The van der Waals surface area contributed by atoms with Crippen LogP contribution in [0, 0.1) is 0 Å². The van der Waals surface area contributed by atoms with Crippen LogP contribution in [0.2, 0.25) is 0 Å². The number of hydrogen-bond acceptors (Lipinski definition) is 4. The molecule has 1 atom stereocenters. The molecule has 0 amide bonds. The largest absolute Gasteiger partial charge is 0.383 e. The van der Waals surface area contributed by atoms with Crippen LogP contribution in [0.5, 0.6) is 0 Å². The van der Waals surface area contributed by atoms with Crippen LogP contribution in [0.3, 0.4) is 0 Å². The lowest BCUT2D eigenvalue weighted by Gasteiger charge is -2.41. The number of anilines is 1. The first kappa shape index (κ1) is 12.3. The lowest BCUT2D eigenvalue weighted by Crippen LogP contribution is -2.50. The summed E-state index contributed by atoms with van der Waals surface area (Å²) >= 11 is 0. The summed E-state index contributed by atoms with van der Waals surface area (Å²) in [6, 6.07) is 3.84. The van der Waals surface area contributed by atoms with Gasteiger partial charge in [-0.2, -0.15) is 0 Å². The first-order valence-electron chi connectivity index (χ1n) is 6.21. The molecule has 1 fully saturated rings. The summed E-state index contributed by atoms with van der Waals surface area (Å²) in [5, 5.41) is 0. The number of likely N-dealkylation sites (N-methyl/N-ethyl adjacent to an activating group) is 1. The van der Waals surface area contributed by atoms with Gasteiger partial charge in [-0.15, -0.1) is 0 Å². The molecular formula is C13H22N4. The van der Waals surface area contributed by atoms with E-state index in [4.69, 9.17) is 11.5 Å². The van der Waals surface area contributed by atoms with Crippen LogP contribution in [-0.2, 0) is 0 Å². The molecule has 1 aliphatic carbocycles. The Balaban J connectivity index is 2.35. The number of pyridine rings is 1. The molecule has 2 rings (SSSR count). The van der Waals surface area contributed by atoms with Crippen molar-refractivity contribution >= 4 is 5.82 Å². The second kappa shape index (κ2) is 4.63. The standard InChI is InChI=1S/C13H22N4/c1-17(2)13(7-3-4-8-13)11(14)10-6-5-9-16-12(10)15/h5-6,9,11H,3-4,7-8,14H2,1-2H3,(H2,15,16). The number of nitrogen functional groups attached to an aromatic ring is 1. The van der Waals surface area contributed by atoms with Gasteiger partial charge in [-0.25, -0.2) is 4.98 Å². The van der Waals surface area contributed by atoms with Crippen LogP contribution >= 0.6 is 0 Å². The van der Waals surface area contributed by atoms with Crippen molar-refractivity contribution in [2.75, 3.05) is 19.8 Å². The number of nitrogens with two attached hydrogens (primary N) is 2. The summed E-state index contributed by atoms with van der Waals surface area (Å²) < 4.78 is 0. The van der Waals surface area contributed by atoms with Gasteiger partial charge in [0.15, 0.2) is 0 Å². The minimum Gasteiger partial charge on any atom is -0.383 e. The molecule has 4 N–H and O–H groups in total. The smallest absolute Gasteiger partial charge is 0.128 e. The Hall–Kier alpha value is -1.13. The highest BCUT2D eigenvalue weighted by Gasteiger charge is 2.42. The Bertz CT molecular complexity index is 383. The first-order valence-corrected chi connectivity index (χ1v) is 6.21. The molecule has 4 heteroatoms. The van der Waals surface area contributed by atoms with Gasteiger partial charge in [-0.05, 0) is 33.0 Å². The highest BCUT2D eigenvalue weighted by molar-refractivity contribution is 5.42. The summed E-state index contributed by atoms with van der Waals surface area (Å²) in [6.45, 7) is 0. The Labute approximate surface area is 103 Å². The zero-order valence-electron chi connectivity index (χ0n) is 10.7. The quantitative estimate of drug-likeness (QED) is 0.832. The van der Waals surface area contributed by atoms with Gasteiger partial charge in [-0.1, -0.05) is 18.9 Å². The van der Waals surface area contributed by atoms with E-state index in [1.54, 1.807) is 6.20 Å². The Morgan fingerprint density at radius 3 is 2.53 bits per heavy atom. The maximum atomic E-state index is 6.48. The van der Waals surface area contributed by atoms with E-state index in [-0.39, 0.29) is 11.6 Å². The minimum absolute atomic E-state index is 0.0388. The van der Waals surface area contributed by atoms with Crippen molar-refractivity contribution in [3.63, 3.8) is 0 Å². The van der Waals surface area contributed by atoms with Crippen LogP contribution in [0.4, 0.5) is 5.82 Å². The molecule has 17 heavy (non-hydrogen) atoms. The van der Waals surface area contributed by atoms with E-state index < -0.39 is 0 Å². The van der Waals surface area contributed by atoms with Crippen molar-refractivity contribution in [3.8, 4) is 0 Å². The second-order valence-electron chi connectivity index (χ2n) is 5.16. The van der Waals surface area contributed by atoms with Crippen LogP contribution in [-0.4, -0.2) is 29.5 Å². The number of aromatic nitrogens is 1. The van der Waals surface area contributed by atoms with Gasteiger partial charge in [-0.3, -0.25) is 0 Å². The summed E-state index contributed by atoms with van der Waals surface area (Å²) in [5.41, 5.74) is 13.4. The molecule has 1 saturated carbocycles. The second-order valence-corrected chi connectivity index (χ2v) is 5.16. The molecule has 0 radical (unpaired) electrons. The molecule has 94 valence electrons. The van der Waals surface area contributed by atoms with Gasteiger partial charge in [0.1, 0.15) is 5.82 Å². The third kappa shape index (κ3) is 2.03. The van der Waals surface area contributed by atoms with Crippen molar-refractivity contribution in [1.29, 1.82) is 0 Å².